The first-order valence-corrected chi connectivity index (χ1v) is 5.70. The molecule has 0 aliphatic heterocycles. The molecule has 17 heavy (non-hydrogen) atoms. The topological polar surface area (TPSA) is 91.3 Å². The van der Waals surface area contributed by atoms with Crippen LogP contribution in [0.2, 0.25) is 0 Å². The number of hydrogen-bond acceptors (Lipinski definition) is 5. The number of ether oxygens (including phenoxy) is 1. The molecule has 92 valence electrons. The predicted molar refractivity (Wildman–Crippen MR) is 62.8 cm³/mol. The Hall–Kier alpha value is -1.85. The Kier molecular flexibility index (Phi) is 3.41. The molecule has 0 aromatic carbocycles. The Bertz CT molecular complexity index is 416. The van der Waals surface area contributed by atoms with E-state index in [2.05, 4.69) is 4.98 Å². The van der Waals surface area contributed by atoms with Crippen molar-refractivity contribution < 1.29 is 9.66 Å². The molecule has 1 aliphatic carbocycles. The molecule has 0 spiro atoms. The Morgan fingerprint density at radius 3 is 2.76 bits per heavy atom. The number of aromatic nitrogens is 1. The van der Waals surface area contributed by atoms with Crippen LogP contribution in [-0.4, -0.2) is 16.5 Å². The SMILES string of the molecule is Nc1nc(OCC2CCCC2)ccc1[N+](=O)[O-]. The zero-order chi connectivity index (χ0) is 12.3. The van der Waals surface area contributed by atoms with Crippen LogP contribution in [0.25, 0.3) is 0 Å². The number of rotatable bonds is 4. The first-order valence-electron chi connectivity index (χ1n) is 5.70. The number of pyridine rings is 1. The molecule has 2 N–H and O–H groups in total. The smallest absolute Gasteiger partial charge is 0.311 e. The minimum Gasteiger partial charge on any atom is -0.477 e. The van der Waals surface area contributed by atoms with Crippen molar-refractivity contribution in [1.82, 2.24) is 4.98 Å². The summed E-state index contributed by atoms with van der Waals surface area (Å²) in [7, 11) is 0. The molecule has 1 heterocycles. The molecular formula is C11H15N3O3. The molecule has 1 aromatic heterocycles. The molecule has 1 saturated carbocycles. The third-order valence-corrected chi connectivity index (χ3v) is 3.02. The van der Waals surface area contributed by atoms with E-state index >= 15 is 0 Å². The minimum atomic E-state index is -0.552. The van der Waals surface area contributed by atoms with Gasteiger partial charge < -0.3 is 10.5 Å². The van der Waals surface area contributed by atoms with Gasteiger partial charge in [-0.1, -0.05) is 12.8 Å². The fourth-order valence-corrected chi connectivity index (χ4v) is 2.06. The molecule has 0 saturated heterocycles. The molecular weight excluding hydrogens is 222 g/mol. The van der Waals surface area contributed by atoms with Crippen LogP contribution in [-0.2, 0) is 0 Å². The quantitative estimate of drug-likeness (QED) is 0.639. The number of hydrogen-bond donors (Lipinski definition) is 1. The van der Waals surface area contributed by atoms with Gasteiger partial charge in [-0.3, -0.25) is 10.1 Å². The number of nitro groups is 1. The summed E-state index contributed by atoms with van der Waals surface area (Å²) in [6.07, 6.45) is 4.87. The van der Waals surface area contributed by atoms with Crippen molar-refractivity contribution in [3.63, 3.8) is 0 Å². The average Bonchev–Trinajstić information content (AvgIpc) is 2.78. The number of anilines is 1. The van der Waals surface area contributed by atoms with Gasteiger partial charge in [-0.2, -0.15) is 4.98 Å². The number of nitrogens with two attached hydrogens (primary N) is 1. The lowest BCUT2D eigenvalue weighted by Gasteiger charge is -2.10. The van der Waals surface area contributed by atoms with E-state index in [0.29, 0.717) is 18.4 Å². The fraction of sp³-hybridized carbons (Fsp3) is 0.545. The van der Waals surface area contributed by atoms with Gasteiger partial charge in [0.25, 0.3) is 0 Å². The summed E-state index contributed by atoms with van der Waals surface area (Å²) in [4.78, 5) is 13.9. The highest BCUT2D eigenvalue weighted by molar-refractivity contribution is 5.53. The molecule has 0 atom stereocenters. The van der Waals surface area contributed by atoms with Gasteiger partial charge in [0.1, 0.15) is 0 Å². The van der Waals surface area contributed by atoms with Crippen molar-refractivity contribution in [2.45, 2.75) is 25.7 Å². The summed E-state index contributed by atoms with van der Waals surface area (Å²) >= 11 is 0. The molecule has 6 heteroatoms. The second-order valence-electron chi connectivity index (χ2n) is 4.27. The summed E-state index contributed by atoms with van der Waals surface area (Å²) in [5.41, 5.74) is 5.29. The van der Waals surface area contributed by atoms with E-state index < -0.39 is 4.92 Å². The molecule has 0 unspecified atom stereocenters. The van der Waals surface area contributed by atoms with Crippen molar-refractivity contribution >= 4 is 11.5 Å². The van der Waals surface area contributed by atoms with E-state index in [9.17, 15) is 10.1 Å². The van der Waals surface area contributed by atoms with Gasteiger partial charge in [0.2, 0.25) is 11.7 Å². The Balaban J connectivity index is 1.97. The second-order valence-corrected chi connectivity index (χ2v) is 4.27. The monoisotopic (exact) mass is 237 g/mol. The van der Waals surface area contributed by atoms with Crippen LogP contribution >= 0.6 is 0 Å². The van der Waals surface area contributed by atoms with Crippen LogP contribution in [0.15, 0.2) is 12.1 Å². The highest BCUT2D eigenvalue weighted by Gasteiger charge is 2.17. The van der Waals surface area contributed by atoms with Crippen molar-refractivity contribution in [2.24, 2.45) is 5.92 Å². The summed E-state index contributed by atoms with van der Waals surface area (Å²) in [5, 5.41) is 10.5. The molecule has 2 rings (SSSR count). The van der Waals surface area contributed by atoms with E-state index in [1.54, 1.807) is 0 Å². The van der Waals surface area contributed by atoms with Crippen LogP contribution in [0, 0.1) is 16.0 Å². The lowest BCUT2D eigenvalue weighted by atomic mass is 10.1. The molecule has 6 nitrogen and oxygen atoms in total. The largest absolute Gasteiger partial charge is 0.477 e. The van der Waals surface area contributed by atoms with Crippen LogP contribution in [0.4, 0.5) is 11.5 Å². The van der Waals surface area contributed by atoms with Gasteiger partial charge in [0, 0.05) is 12.1 Å². The highest BCUT2D eigenvalue weighted by atomic mass is 16.6. The summed E-state index contributed by atoms with van der Waals surface area (Å²) in [6, 6.07) is 2.82. The zero-order valence-corrected chi connectivity index (χ0v) is 9.46. The lowest BCUT2D eigenvalue weighted by Crippen LogP contribution is -2.09. The van der Waals surface area contributed by atoms with Crippen LogP contribution in [0.1, 0.15) is 25.7 Å². The Morgan fingerprint density at radius 1 is 1.47 bits per heavy atom. The van der Waals surface area contributed by atoms with Gasteiger partial charge in [-0.05, 0) is 18.8 Å². The van der Waals surface area contributed by atoms with E-state index in [-0.39, 0.29) is 11.5 Å². The Labute approximate surface area is 98.9 Å². The fourth-order valence-electron chi connectivity index (χ4n) is 2.06. The van der Waals surface area contributed by atoms with E-state index in [1.165, 1.54) is 37.8 Å². The second kappa shape index (κ2) is 4.99. The highest BCUT2D eigenvalue weighted by Crippen LogP contribution is 2.26. The average molecular weight is 237 g/mol. The van der Waals surface area contributed by atoms with Crippen molar-refractivity contribution in [3.8, 4) is 5.88 Å². The molecule has 1 aliphatic rings. The maximum absolute atomic E-state index is 10.5. The maximum atomic E-state index is 10.5. The van der Waals surface area contributed by atoms with Crippen LogP contribution in [0.5, 0.6) is 5.88 Å². The predicted octanol–water partition coefficient (Wildman–Crippen LogP) is 2.14. The van der Waals surface area contributed by atoms with Gasteiger partial charge in [0.05, 0.1) is 11.5 Å². The van der Waals surface area contributed by atoms with Gasteiger partial charge >= 0.3 is 5.69 Å². The minimum absolute atomic E-state index is 0.0982. The van der Waals surface area contributed by atoms with Crippen LogP contribution in [0.3, 0.4) is 0 Å². The molecule has 0 bridgehead atoms. The number of nitrogens with zero attached hydrogens (tertiary/aromatic N) is 2. The van der Waals surface area contributed by atoms with E-state index in [0.717, 1.165) is 0 Å². The van der Waals surface area contributed by atoms with Crippen molar-refractivity contribution in [1.29, 1.82) is 0 Å². The summed E-state index contributed by atoms with van der Waals surface area (Å²) in [6.45, 7) is 0.615. The van der Waals surface area contributed by atoms with Crippen LogP contribution < -0.4 is 10.5 Å². The standard InChI is InChI=1S/C11H15N3O3/c12-11-9(14(15)16)5-6-10(13-11)17-7-8-3-1-2-4-8/h5-6,8H,1-4,7H2,(H2,12,13). The van der Waals surface area contributed by atoms with Gasteiger partial charge in [-0.15, -0.1) is 0 Å². The third-order valence-electron chi connectivity index (χ3n) is 3.02. The molecule has 0 amide bonds. The summed E-state index contributed by atoms with van der Waals surface area (Å²) < 4.78 is 5.49. The third kappa shape index (κ3) is 2.83. The first kappa shape index (κ1) is 11.6. The van der Waals surface area contributed by atoms with E-state index in [4.69, 9.17) is 10.5 Å². The number of nitrogen functional groups attached to an aromatic ring is 1. The maximum Gasteiger partial charge on any atom is 0.311 e. The Morgan fingerprint density at radius 2 is 2.18 bits per heavy atom. The lowest BCUT2D eigenvalue weighted by molar-refractivity contribution is -0.384. The molecule has 1 aromatic rings. The van der Waals surface area contributed by atoms with E-state index in [1.807, 2.05) is 0 Å². The normalized spacial score (nSPS) is 16.0. The first-order chi connectivity index (χ1) is 8.16. The van der Waals surface area contributed by atoms with Crippen molar-refractivity contribution in [3.05, 3.63) is 22.2 Å². The summed E-state index contributed by atoms with van der Waals surface area (Å²) in [5.74, 6) is 0.840. The molecule has 0 radical (unpaired) electrons. The zero-order valence-electron chi connectivity index (χ0n) is 9.46. The van der Waals surface area contributed by atoms with Gasteiger partial charge in [-0.25, -0.2) is 0 Å². The molecule has 1 fully saturated rings. The van der Waals surface area contributed by atoms with Gasteiger partial charge in [0.15, 0.2) is 0 Å². The van der Waals surface area contributed by atoms with Crippen molar-refractivity contribution in [2.75, 3.05) is 12.3 Å².